The minimum Gasteiger partial charge on any atom is -0.496 e. The lowest BCUT2D eigenvalue weighted by Gasteiger charge is -2.27. The number of thiocarbonyl (C=S) groups is 1. The van der Waals surface area contributed by atoms with E-state index in [1.54, 1.807) is 31.5 Å². The average molecular weight is 460 g/mol. The molecule has 1 aliphatic heterocycles. The van der Waals surface area contributed by atoms with E-state index in [4.69, 9.17) is 21.7 Å². The number of pyridine rings is 1. The van der Waals surface area contributed by atoms with Crippen molar-refractivity contribution < 1.29 is 19.1 Å². The lowest BCUT2D eigenvalue weighted by molar-refractivity contribution is -0.128. The summed E-state index contributed by atoms with van der Waals surface area (Å²) in [6, 6.07) is 14.9. The molecule has 0 atom stereocenters. The zero-order chi connectivity index (χ0) is 23.4. The Morgan fingerprint density at radius 1 is 1.15 bits per heavy atom. The smallest absolute Gasteiger partial charge is 0.265 e. The molecule has 8 heteroatoms. The first-order chi connectivity index (χ1) is 16.0. The summed E-state index contributed by atoms with van der Waals surface area (Å²) in [4.78, 5) is 30.9. The monoisotopic (exact) mass is 459 g/mol. The second-order valence-corrected chi connectivity index (χ2v) is 7.60. The summed E-state index contributed by atoms with van der Waals surface area (Å²) in [5.74, 6) is 0.258. The number of nitrogens with zero attached hydrogens (tertiary/aromatic N) is 2. The SMILES string of the molecule is C=CCN1C(=O)C(=Cc2ccc(OC)c(COc3cccc4cccnc34)c2)C(=O)NC1=S. The van der Waals surface area contributed by atoms with E-state index in [2.05, 4.69) is 16.9 Å². The number of carbonyl (C=O) groups excluding carboxylic acids is 2. The van der Waals surface area contributed by atoms with Crippen LogP contribution in [-0.4, -0.2) is 40.5 Å². The van der Waals surface area contributed by atoms with E-state index >= 15 is 0 Å². The summed E-state index contributed by atoms with van der Waals surface area (Å²) in [5.41, 5.74) is 2.15. The van der Waals surface area contributed by atoms with Gasteiger partial charge in [0.25, 0.3) is 11.8 Å². The van der Waals surface area contributed by atoms with Crippen LogP contribution in [0, 0.1) is 0 Å². The molecule has 33 heavy (non-hydrogen) atoms. The molecule has 0 aliphatic carbocycles. The van der Waals surface area contributed by atoms with Crippen molar-refractivity contribution in [2.45, 2.75) is 6.61 Å². The summed E-state index contributed by atoms with van der Waals surface area (Å²) in [6.07, 6.45) is 4.79. The highest BCUT2D eigenvalue weighted by Crippen LogP contribution is 2.27. The normalized spacial score (nSPS) is 15.0. The molecule has 166 valence electrons. The molecule has 7 nitrogen and oxygen atoms in total. The minimum atomic E-state index is -0.541. The van der Waals surface area contributed by atoms with Gasteiger partial charge in [0.1, 0.15) is 29.2 Å². The van der Waals surface area contributed by atoms with E-state index in [9.17, 15) is 9.59 Å². The number of nitrogens with one attached hydrogen (secondary N) is 1. The summed E-state index contributed by atoms with van der Waals surface area (Å²) in [5, 5.41) is 3.58. The van der Waals surface area contributed by atoms with Crippen molar-refractivity contribution in [3.63, 3.8) is 0 Å². The largest absolute Gasteiger partial charge is 0.496 e. The molecule has 1 fully saturated rings. The van der Waals surface area contributed by atoms with Crippen LogP contribution in [0.2, 0.25) is 0 Å². The Hall–Kier alpha value is -4.04. The van der Waals surface area contributed by atoms with Gasteiger partial charge in [-0.3, -0.25) is 24.8 Å². The summed E-state index contributed by atoms with van der Waals surface area (Å²) >= 11 is 5.09. The summed E-state index contributed by atoms with van der Waals surface area (Å²) in [6.45, 7) is 4.04. The second kappa shape index (κ2) is 9.62. The van der Waals surface area contributed by atoms with Gasteiger partial charge in [-0.25, -0.2) is 0 Å². The van der Waals surface area contributed by atoms with Crippen LogP contribution in [0.25, 0.3) is 17.0 Å². The van der Waals surface area contributed by atoms with Gasteiger partial charge < -0.3 is 9.47 Å². The highest BCUT2D eigenvalue weighted by Gasteiger charge is 2.32. The number of hydrogen-bond donors (Lipinski definition) is 1. The Kier molecular flexibility index (Phi) is 6.46. The maximum atomic E-state index is 12.8. The molecule has 0 bridgehead atoms. The molecule has 0 spiro atoms. The van der Waals surface area contributed by atoms with E-state index < -0.39 is 11.8 Å². The maximum Gasteiger partial charge on any atom is 0.265 e. The number of fused-ring (bicyclic) bond motifs is 1. The first-order valence-corrected chi connectivity index (χ1v) is 10.6. The molecule has 0 unspecified atom stereocenters. The van der Waals surface area contributed by atoms with Crippen LogP contribution in [0.3, 0.4) is 0 Å². The molecule has 1 N–H and O–H groups in total. The summed E-state index contributed by atoms with van der Waals surface area (Å²) < 4.78 is 11.5. The Bertz CT molecular complexity index is 1300. The highest BCUT2D eigenvalue weighted by molar-refractivity contribution is 7.80. The van der Waals surface area contributed by atoms with Crippen LogP contribution >= 0.6 is 12.2 Å². The third-order valence-corrected chi connectivity index (χ3v) is 5.41. The Balaban J connectivity index is 1.63. The third kappa shape index (κ3) is 4.61. The number of ether oxygens (including phenoxy) is 2. The highest BCUT2D eigenvalue weighted by atomic mass is 32.1. The van der Waals surface area contributed by atoms with Crippen molar-refractivity contribution >= 4 is 46.1 Å². The van der Waals surface area contributed by atoms with Gasteiger partial charge in [-0.05, 0) is 48.1 Å². The van der Waals surface area contributed by atoms with Gasteiger partial charge in [0.2, 0.25) is 0 Å². The Morgan fingerprint density at radius 3 is 2.76 bits per heavy atom. The first-order valence-electron chi connectivity index (χ1n) is 10.1. The second-order valence-electron chi connectivity index (χ2n) is 7.21. The average Bonchev–Trinajstić information content (AvgIpc) is 2.83. The van der Waals surface area contributed by atoms with Crippen molar-refractivity contribution in [1.82, 2.24) is 15.2 Å². The van der Waals surface area contributed by atoms with Gasteiger partial charge in [0, 0.05) is 23.7 Å². The molecule has 3 aromatic rings. The van der Waals surface area contributed by atoms with Crippen molar-refractivity contribution in [2.75, 3.05) is 13.7 Å². The predicted molar refractivity (Wildman–Crippen MR) is 130 cm³/mol. The summed E-state index contributed by atoms with van der Waals surface area (Å²) in [7, 11) is 1.57. The number of para-hydroxylation sites is 1. The molecule has 2 aromatic carbocycles. The fourth-order valence-electron chi connectivity index (χ4n) is 3.50. The minimum absolute atomic E-state index is 0.0132. The quantitative estimate of drug-likeness (QED) is 0.252. The Morgan fingerprint density at radius 2 is 1.97 bits per heavy atom. The molecule has 4 rings (SSSR count). The van der Waals surface area contributed by atoms with Gasteiger partial charge in [-0.15, -0.1) is 6.58 Å². The molecule has 1 aliphatic rings. The number of amides is 2. The molecular weight excluding hydrogens is 438 g/mol. The van der Waals surface area contributed by atoms with E-state index in [1.165, 1.54) is 11.0 Å². The number of aromatic nitrogens is 1. The number of carbonyl (C=O) groups is 2. The topological polar surface area (TPSA) is 80.8 Å². The number of rotatable bonds is 7. The zero-order valence-electron chi connectivity index (χ0n) is 17.9. The molecule has 2 heterocycles. The van der Waals surface area contributed by atoms with Gasteiger partial charge in [-0.2, -0.15) is 0 Å². The van der Waals surface area contributed by atoms with Crippen molar-refractivity contribution in [1.29, 1.82) is 0 Å². The van der Waals surface area contributed by atoms with E-state index in [0.717, 1.165) is 16.5 Å². The lowest BCUT2D eigenvalue weighted by atomic mass is 10.0. The molecular formula is C25H21N3O4S. The fourth-order valence-corrected chi connectivity index (χ4v) is 3.75. The van der Waals surface area contributed by atoms with Crippen LogP contribution in [-0.2, 0) is 16.2 Å². The molecule has 0 saturated carbocycles. The standard InChI is InChI=1S/C25H21N3O4S/c1-3-12-28-24(30)19(23(29)27-25(28)33)14-16-9-10-20(31-2)18(13-16)15-32-21-8-4-6-17-7-5-11-26-22(17)21/h3-11,13-14H,1,12,15H2,2H3,(H,27,29,33). The van der Waals surface area contributed by atoms with Crippen molar-refractivity contribution in [2.24, 2.45) is 0 Å². The van der Waals surface area contributed by atoms with Crippen LogP contribution in [0.1, 0.15) is 11.1 Å². The van der Waals surface area contributed by atoms with Crippen LogP contribution in [0.5, 0.6) is 11.5 Å². The molecule has 1 saturated heterocycles. The van der Waals surface area contributed by atoms with E-state index in [-0.39, 0.29) is 23.8 Å². The molecule has 1 aromatic heterocycles. The van der Waals surface area contributed by atoms with Crippen LogP contribution in [0.15, 0.2) is 73.0 Å². The van der Waals surface area contributed by atoms with Crippen LogP contribution < -0.4 is 14.8 Å². The van der Waals surface area contributed by atoms with E-state index in [1.807, 2.05) is 36.4 Å². The van der Waals surface area contributed by atoms with Gasteiger partial charge in [-0.1, -0.05) is 30.3 Å². The number of hydrogen-bond acceptors (Lipinski definition) is 6. The van der Waals surface area contributed by atoms with Gasteiger partial charge in [0.05, 0.1) is 7.11 Å². The van der Waals surface area contributed by atoms with Crippen molar-refractivity contribution in [3.05, 3.63) is 84.1 Å². The van der Waals surface area contributed by atoms with Crippen LogP contribution in [0.4, 0.5) is 0 Å². The Labute approximate surface area is 196 Å². The van der Waals surface area contributed by atoms with Gasteiger partial charge in [0.15, 0.2) is 5.11 Å². The van der Waals surface area contributed by atoms with Gasteiger partial charge >= 0.3 is 0 Å². The third-order valence-electron chi connectivity index (χ3n) is 5.09. The molecule has 2 amide bonds. The molecule has 0 radical (unpaired) electrons. The van der Waals surface area contributed by atoms with E-state index in [0.29, 0.717) is 17.1 Å². The maximum absolute atomic E-state index is 12.8. The predicted octanol–water partition coefficient (Wildman–Crippen LogP) is 3.64. The lowest BCUT2D eigenvalue weighted by Crippen LogP contribution is -2.53. The van der Waals surface area contributed by atoms with Crippen molar-refractivity contribution in [3.8, 4) is 11.5 Å². The number of methoxy groups -OCH3 is 1. The fraction of sp³-hybridized carbons (Fsp3) is 0.120. The number of benzene rings is 2. The first kappa shape index (κ1) is 22.2. The zero-order valence-corrected chi connectivity index (χ0v) is 18.7.